The second kappa shape index (κ2) is 15.2. The number of hydrogen-bond donors (Lipinski definition) is 0. The Balaban J connectivity index is 0.000000273. The number of fused-ring (bicyclic) bond motifs is 3. The molecule has 0 aliphatic heterocycles. The summed E-state index contributed by atoms with van der Waals surface area (Å²) in [6.07, 6.45) is 8.00. The molecule has 37 heavy (non-hydrogen) atoms. The summed E-state index contributed by atoms with van der Waals surface area (Å²) in [5.41, 5.74) is 11.4. The zero-order valence-electron chi connectivity index (χ0n) is 23.2. The van der Waals surface area contributed by atoms with Gasteiger partial charge in [-0.05, 0) is 6.42 Å². The van der Waals surface area contributed by atoms with Crippen LogP contribution in [0.15, 0.2) is 84.0 Å². The summed E-state index contributed by atoms with van der Waals surface area (Å²) in [7, 11) is 0. The summed E-state index contributed by atoms with van der Waals surface area (Å²) in [5, 5.41) is 0. The molecule has 0 radical (unpaired) electrons. The molecule has 5 rings (SSSR count). The van der Waals surface area contributed by atoms with Crippen LogP contribution in [0, 0.1) is 30.4 Å². The van der Waals surface area contributed by atoms with E-state index in [-0.39, 0.29) is 24.8 Å². The van der Waals surface area contributed by atoms with E-state index in [0.29, 0.717) is 11.3 Å². The Labute approximate surface area is 252 Å². The van der Waals surface area contributed by atoms with Crippen molar-refractivity contribution in [2.24, 2.45) is 11.3 Å². The summed E-state index contributed by atoms with van der Waals surface area (Å²) in [4.78, 5) is 0. The Morgan fingerprint density at radius 1 is 0.946 bits per heavy atom. The third kappa shape index (κ3) is 9.31. The molecular weight excluding hydrogens is 571 g/mol. The van der Waals surface area contributed by atoms with E-state index in [2.05, 4.69) is 127 Å². The maximum absolute atomic E-state index is 3.48. The summed E-state index contributed by atoms with van der Waals surface area (Å²) in [6.45, 7) is 15.5. The average Bonchev–Trinajstić information content (AvgIpc) is 3.40. The molecule has 194 valence electrons. The third-order valence-electron chi connectivity index (χ3n) is 6.41. The van der Waals surface area contributed by atoms with Crippen molar-refractivity contribution in [3.8, 4) is 11.1 Å². The van der Waals surface area contributed by atoms with Crippen molar-refractivity contribution in [1.29, 1.82) is 0 Å². The van der Waals surface area contributed by atoms with Gasteiger partial charge in [-0.25, -0.2) is 5.57 Å². The minimum absolute atomic E-state index is 0. The van der Waals surface area contributed by atoms with Crippen LogP contribution in [0.2, 0.25) is 0 Å². The van der Waals surface area contributed by atoms with Crippen molar-refractivity contribution in [3.63, 3.8) is 0 Å². The molecule has 1 atom stereocenters. The van der Waals surface area contributed by atoms with E-state index in [4.69, 9.17) is 0 Å². The minimum atomic E-state index is 0. The molecule has 2 aliphatic rings. The van der Waals surface area contributed by atoms with Crippen molar-refractivity contribution < 1.29 is 49.0 Å². The van der Waals surface area contributed by atoms with Crippen molar-refractivity contribution >= 4 is 3.21 Å². The van der Waals surface area contributed by atoms with E-state index < -0.39 is 0 Å². The largest absolute Gasteiger partial charge is 1.00 e. The second-order valence-electron chi connectivity index (χ2n) is 10.5. The van der Waals surface area contributed by atoms with Gasteiger partial charge in [0, 0.05) is 0 Å². The van der Waals surface area contributed by atoms with Crippen LogP contribution >= 0.6 is 0 Å². The molecule has 0 nitrogen and oxygen atoms in total. The van der Waals surface area contributed by atoms with Crippen molar-refractivity contribution in [2.45, 2.75) is 61.3 Å². The monoisotopic (exact) mass is 606 g/mol. The quantitative estimate of drug-likeness (QED) is 0.307. The molecule has 1 unspecified atom stereocenters. The predicted octanol–water partition coefficient (Wildman–Crippen LogP) is 2.90. The van der Waals surface area contributed by atoms with Crippen LogP contribution in [0.3, 0.4) is 0 Å². The number of hydrogen-bond acceptors (Lipinski definition) is 0. The van der Waals surface area contributed by atoms with Gasteiger partial charge in [-0.3, -0.25) is 6.08 Å². The van der Waals surface area contributed by atoms with Gasteiger partial charge in [0.1, 0.15) is 0 Å². The summed E-state index contributed by atoms with van der Waals surface area (Å²) in [5.74, 6) is 0.522. The Morgan fingerprint density at radius 3 is 2.14 bits per heavy atom. The molecule has 3 aromatic carbocycles. The normalized spacial score (nSPS) is 14.7. The van der Waals surface area contributed by atoms with Crippen LogP contribution < -0.4 is 24.8 Å². The fraction of sp³-hybridized carbons (Fsp3) is 0.324. The van der Waals surface area contributed by atoms with E-state index in [9.17, 15) is 0 Å². The maximum Gasteiger partial charge on any atom is -0.0253 e. The SMILES string of the molecule is CCC1=[C-]C(C)C=C1C(C)(C)C.C[C](=[Zr+2])c1ccc(C)cc1.[Cl-].[Cl-].[c-]1cccc2c1Cc1ccccc1-2. The summed E-state index contributed by atoms with van der Waals surface area (Å²) < 4.78 is 1.46. The number of aryl methyl sites for hydroxylation is 1. The molecule has 0 saturated heterocycles. The molecule has 0 heterocycles. The van der Waals surface area contributed by atoms with Gasteiger partial charge in [0.25, 0.3) is 0 Å². The van der Waals surface area contributed by atoms with Crippen LogP contribution in [0.1, 0.15) is 70.2 Å². The first kappa shape index (κ1) is 33.5. The predicted molar refractivity (Wildman–Crippen MR) is 148 cm³/mol. The van der Waals surface area contributed by atoms with Gasteiger partial charge in [0.15, 0.2) is 0 Å². The number of benzene rings is 3. The van der Waals surface area contributed by atoms with Gasteiger partial charge in [0.05, 0.1) is 0 Å². The van der Waals surface area contributed by atoms with Crippen LogP contribution in [0.25, 0.3) is 11.1 Å². The van der Waals surface area contributed by atoms with Crippen LogP contribution in [-0.4, -0.2) is 3.21 Å². The van der Waals surface area contributed by atoms with Crippen LogP contribution in [0.5, 0.6) is 0 Å². The van der Waals surface area contributed by atoms with Gasteiger partial charge in [-0.15, -0.1) is 5.56 Å². The zero-order valence-corrected chi connectivity index (χ0v) is 27.1. The van der Waals surface area contributed by atoms with Gasteiger partial charge in [0.2, 0.25) is 0 Å². The Bertz CT molecular complexity index is 1180. The minimum Gasteiger partial charge on any atom is -1.00 e. The Kier molecular flexibility index (Phi) is 13.7. The molecule has 0 saturated carbocycles. The fourth-order valence-corrected chi connectivity index (χ4v) is 4.95. The Hall–Kier alpha value is -1.53. The molecule has 0 amide bonds. The van der Waals surface area contributed by atoms with Crippen LogP contribution in [0.4, 0.5) is 0 Å². The molecule has 3 heteroatoms. The van der Waals surface area contributed by atoms with E-state index in [0.717, 1.165) is 12.8 Å². The van der Waals surface area contributed by atoms with Gasteiger partial charge < -0.3 is 24.8 Å². The van der Waals surface area contributed by atoms with Crippen molar-refractivity contribution in [2.75, 3.05) is 0 Å². The topological polar surface area (TPSA) is 0 Å². The summed E-state index contributed by atoms with van der Waals surface area (Å²) in [6, 6.07) is 26.8. The molecule has 0 spiro atoms. The number of halogens is 2. The molecule has 3 aromatic rings. The maximum atomic E-state index is 3.48. The molecule has 0 N–H and O–H groups in total. The van der Waals surface area contributed by atoms with Gasteiger partial charge >= 0.3 is 76.7 Å². The van der Waals surface area contributed by atoms with E-state index >= 15 is 0 Å². The van der Waals surface area contributed by atoms with E-state index in [1.54, 1.807) is 0 Å². The molecule has 2 aliphatic carbocycles. The molecule has 0 aromatic heterocycles. The number of allylic oxidation sites excluding steroid dienone is 4. The second-order valence-corrected chi connectivity index (χ2v) is 12.3. The van der Waals surface area contributed by atoms with Crippen LogP contribution in [-0.2, 0) is 30.7 Å². The van der Waals surface area contributed by atoms with Crippen molar-refractivity contribution in [1.82, 2.24) is 0 Å². The standard InChI is InChI=1S/C13H9.C12H19.C9H10.2ClH.Zr/c1-3-7-12-10(5-1)9-11-6-2-4-8-13(11)12;1-6-10-7-9(2)8-11(10)12(3,4)5;1-3-9-6-4-8(2)5-7-9;;;/h1-5,7-8H,9H2;8-9H,6H2,1-5H3;4-7H,1-2H3;2*1H;/q2*-1;;;;+2/p-2. The fourth-order valence-electron chi connectivity index (χ4n) is 4.54. The van der Waals surface area contributed by atoms with Crippen molar-refractivity contribution in [3.05, 3.63) is 118 Å². The summed E-state index contributed by atoms with van der Waals surface area (Å²) >= 11 is 1.51. The van der Waals surface area contributed by atoms with E-state index in [1.807, 2.05) is 6.07 Å². The first-order valence-electron chi connectivity index (χ1n) is 12.6. The Morgan fingerprint density at radius 2 is 1.57 bits per heavy atom. The van der Waals surface area contributed by atoms with Gasteiger partial charge in [-0.2, -0.15) is 41.5 Å². The van der Waals surface area contributed by atoms with Gasteiger partial charge in [-0.1, -0.05) is 87.8 Å². The smallest absolute Gasteiger partial charge is 0.0253 e. The number of rotatable bonds is 2. The van der Waals surface area contributed by atoms with E-state index in [1.165, 1.54) is 72.0 Å². The first-order chi connectivity index (χ1) is 16.6. The zero-order chi connectivity index (χ0) is 25.6. The first-order valence-corrected chi connectivity index (χ1v) is 13.9. The molecular formula is C34H38Cl2Zr-2. The molecule has 0 fully saturated rings. The third-order valence-corrected chi connectivity index (χ3v) is 7.12. The average molecular weight is 609 g/mol. The molecule has 0 bridgehead atoms.